The van der Waals surface area contributed by atoms with Crippen LogP contribution in [-0.2, 0) is 0 Å². The molecule has 3 N–H and O–H groups in total. The number of anilines is 1. The smallest absolute Gasteiger partial charge is 0.186 e. The molecule has 0 aromatic heterocycles. The fraction of sp³-hybridized carbons (Fsp3) is 0.455. The molecule has 1 aromatic carbocycles. The minimum atomic E-state index is -0.810. The van der Waals surface area contributed by atoms with Crippen molar-refractivity contribution in [2.75, 3.05) is 11.9 Å². The topological polar surface area (TPSA) is 55.7 Å². The zero-order chi connectivity index (χ0) is 10.8. The van der Waals surface area contributed by atoms with Gasteiger partial charge in [-0.05, 0) is 12.5 Å². The van der Waals surface area contributed by atoms with Crippen LogP contribution in [0.5, 0.6) is 0 Å². The third-order valence-electron chi connectivity index (χ3n) is 2.63. The second-order valence-corrected chi connectivity index (χ2v) is 3.72. The molecule has 0 aliphatic carbocycles. The average Bonchev–Trinajstić information content (AvgIpc) is 2.24. The summed E-state index contributed by atoms with van der Waals surface area (Å²) in [5.41, 5.74) is 1.61. The molecule has 0 bridgehead atoms. The number of hydrogen-bond acceptors (Lipinski definition) is 4. The molecule has 82 valence electrons. The largest absolute Gasteiger partial charge is 0.374 e. The Balaban J connectivity index is 2.30. The Labute approximate surface area is 89.1 Å². The molecule has 1 heterocycles. The predicted octanol–water partition coefficient (Wildman–Crippen LogP) is 1.09. The van der Waals surface area contributed by atoms with Gasteiger partial charge in [0.05, 0.1) is 0 Å². The van der Waals surface area contributed by atoms with Gasteiger partial charge in [-0.25, -0.2) is 4.90 Å². The number of para-hydroxylation sites is 1. The van der Waals surface area contributed by atoms with E-state index >= 15 is 0 Å². The van der Waals surface area contributed by atoms with Crippen LogP contribution in [0.3, 0.4) is 0 Å². The highest BCUT2D eigenvalue weighted by Crippen LogP contribution is 2.31. The zero-order valence-corrected chi connectivity index (χ0v) is 8.72. The molecule has 1 aromatic rings. The first-order chi connectivity index (χ1) is 7.24. The Kier molecular flexibility index (Phi) is 2.90. The highest BCUT2D eigenvalue weighted by Gasteiger charge is 2.30. The summed E-state index contributed by atoms with van der Waals surface area (Å²) in [5.74, 6) is 0. The lowest BCUT2D eigenvalue weighted by molar-refractivity contribution is -0.0974. The van der Waals surface area contributed by atoms with E-state index in [1.54, 1.807) is 4.90 Å². The van der Waals surface area contributed by atoms with Gasteiger partial charge in [-0.15, -0.1) is 0 Å². The Hall–Kier alpha value is -1.10. The number of nitrogens with zero attached hydrogens (tertiary/aromatic N) is 1. The van der Waals surface area contributed by atoms with E-state index < -0.39 is 12.6 Å². The average molecular weight is 208 g/mol. The van der Waals surface area contributed by atoms with Crippen molar-refractivity contribution >= 4 is 5.69 Å². The molecule has 0 spiro atoms. The van der Waals surface area contributed by atoms with Crippen LogP contribution in [0.4, 0.5) is 5.69 Å². The standard InChI is InChI=1S/C11H16N2O2/c1-2-7-13-10(14)8-5-3-4-6-9(8)12-11(13)15/h3-6,10-12,14-15H,2,7H2,1H3. The normalized spacial score (nSPS) is 25.8. The summed E-state index contributed by atoms with van der Waals surface area (Å²) >= 11 is 0. The summed E-state index contributed by atoms with van der Waals surface area (Å²) in [4.78, 5) is 1.63. The van der Waals surface area contributed by atoms with Crippen molar-refractivity contribution < 1.29 is 10.2 Å². The van der Waals surface area contributed by atoms with Crippen LogP contribution < -0.4 is 5.32 Å². The van der Waals surface area contributed by atoms with Crippen LogP contribution in [0.1, 0.15) is 25.1 Å². The van der Waals surface area contributed by atoms with E-state index in [1.807, 2.05) is 31.2 Å². The van der Waals surface area contributed by atoms with Crippen molar-refractivity contribution in [2.24, 2.45) is 0 Å². The Morgan fingerprint density at radius 1 is 1.33 bits per heavy atom. The number of benzene rings is 1. The van der Waals surface area contributed by atoms with Gasteiger partial charge in [0.1, 0.15) is 6.23 Å². The van der Waals surface area contributed by atoms with E-state index in [-0.39, 0.29) is 0 Å². The molecule has 15 heavy (non-hydrogen) atoms. The van der Waals surface area contributed by atoms with Gasteiger partial charge >= 0.3 is 0 Å². The second-order valence-electron chi connectivity index (χ2n) is 3.72. The maximum Gasteiger partial charge on any atom is 0.186 e. The first kappa shape index (κ1) is 10.4. The Morgan fingerprint density at radius 3 is 2.80 bits per heavy atom. The van der Waals surface area contributed by atoms with E-state index in [0.29, 0.717) is 6.54 Å². The van der Waals surface area contributed by atoms with Crippen LogP contribution in [0.15, 0.2) is 24.3 Å². The highest BCUT2D eigenvalue weighted by molar-refractivity contribution is 5.53. The predicted molar refractivity (Wildman–Crippen MR) is 58.0 cm³/mol. The van der Waals surface area contributed by atoms with Crippen molar-refractivity contribution in [3.05, 3.63) is 29.8 Å². The Morgan fingerprint density at radius 2 is 2.07 bits per heavy atom. The number of aliphatic hydroxyl groups excluding tert-OH is 2. The number of hydrogen-bond donors (Lipinski definition) is 3. The van der Waals surface area contributed by atoms with Crippen LogP contribution in [0.2, 0.25) is 0 Å². The van der Waals surface area contributed by atoms with Crippen molar-refractivity contribution in [3.63, 3.8) is 0 Å². The molecule has 2 rings (SSSR count). The monoisotopic (exact) mass is 208 g/mol. The van der Waals surface area contributed by atoms with Crippen molar-refractivity contribution in [1.82, 2.24) is 4.90 Å². The molecule has 2 unspecified atom stereocenters. The van der Waals surface area contributed by atoms with Gasteiger partial charge in [0.2, 0.25) is 0 Å². The van der Waals surface area contributed by atoms with E-state index in [4.69, 9.17) is 0 Å². The second kappa shape index (κ2) is 4.18. The summed E-state index contributed by atoms with van der Waals surface area (Å²) < 4.78 is 0. The maximum atomic E-state index is 10.0. The summed E-state index contributed by atoms with van der Waals surface area (Å²) in [5, 5.41) is 22.8. The first-order valence-corrected chi connectivity index (χ1v) is 5.21. The third-order valence-corrected chi connectivity index (χ3v) is 2.63. The van der Waals surface area contributed by atoms with Gasteiger partial charge in [-0.1, -0.05) is 25.1 Å². The summed E-state index contributed by atoms with van der Waals surface area (Å²) in [7, 11) is 0. The van der Waals surface area contributed by atoms with Gasteiger partial charge in [0.25, 0.3) is 0 Å². The van der Waals surface area contributed by atoms with E-state index in [2.05, 4.69) is 5.32 Å². The first-order valence-electron chi connectivity index (χ1n) is 5.21. The van der Waals surface area contributed by atoms with Gasteiger partial charge in [-0.3, -0.25) is 0 Å². The molecular weight excluding hydrogens is 192 g/mol. The molecule has 2 atom stereocenters. The van der Waals surface area contributed by atoms with Gasteiger partial charge < -0.3 is 15.5 Å². The van der Waals surface area contributed by atoms with Gasteiger partial charge in [-0.2, -0.15) is 0 Å². The summed E-state index contributed by atoms with van der Waals surface area (Å²) in [6.07, 6.45) is -0.648. The molecule has 1 aliphatic rings. The lowest BCUT2D eigenvalue weighted by Gasteiger charge is -2.38. The molecule has 0 radical (unpaired) electrons. The number of rotatable bonds is 2. The fourth-order valence-electron chi connectivity index (χ4n) is 1.89. The zero-order valence-electron chi connectivity index (χ0n) is 8.72. The van der Waals surface area contributed by atoms with Crippen molar-refractivity contribution in [3.8, 4) is 0 Å². The van der Waals surface area contributed by atoms with Gasteiger partial charge in [0, 0.05) is 17.8 Å². The maximum absolute atomic E-state index is 10.0. The van der Waals surface area contributed by atoms with Crippen molar-refractivity contribution in [1.29, 1.82) is 0 Å². The fourth-order valence-corrected chi connectivity index (χ4v) is 1.89. The molecule has 1 aliphatic heterocycles. The number of fused-ring (bicyclic) bond motifs is 1. The minimum Gasteiger partial charge on any atom is -0.374 e. The SMILES string of the molecule is CCCN1C(O)Nc2ccccc2C1O. The van der Waals surface area contributed by atoms with Crippen LogP contribution in [0, 0.1) is 0 Å². The molecule has 4 heteroatoms. The molecule has 0 saturated carbocycles. The van der Waals surface area contributed by atoms with E-state index in [1.165, 1.54) is 0 Å². The van der Waals surface area contributed by atoms with Crippen LogP contribution >= 0.6 is 0 Å². The third kappa shape index (κ3) is 1.84. The van der Waals surface area contributed by atoms with Crippen LogP contribution in [-0.4, -0.2) is 28.0 Å². The lowest BCUT2D eigenvalue weighted by atomic mass is 10.1. The molecule has 0 fully saturated rings. The minimum absolute atomic E-state index is 0.656. The molecule has 0 amide bonds. The number of nitrogens with one attached hydrogen (secondary N) is 1. The lowest BCUT2D eigenvalue weighted by Crippen LogP contribution is -2.47. The summed E-state index contributed by atoms with van der Waals surface area (Å²) in [6, 6.07) is 7.47. The summed E-state index contributed by atoms with van der Waals surface area (Å²) in [6.45, 7) is 2.67. The molecule has 4 nitrogen and oxygen atoms in total. The van der Waals surface area contributed by atoms with Crippen LogP contribution in [0.25, 0.3) is 0 Å². The van der Waals surface area contributed by atoms with Crippen molar-refractivity contribution in [2.45, 2.75) is 25.9 Å². The van der Waals surface area contributed by atoms with E-state index in [9.17, 15) is 10.2 Å². The Bertz CT molecular complexity index is 343. The van der Waals surface area contributed by atoms with E-state index in [0.717, 1.165) is 17.7 Å². The molecular formula is C11H16N2O2. The van der Waals surface area contributed by atoms with Gasteiger partial charge in [0.15, 0.2) is 6.35 Å². The highest BCUT2D eigenvalue weighted by atomic mass is 16.3. The number of aliphatic hydroxyl groups is 2. The quantitative estimate of drug-likeness (QED) is 0.681. The molecule has 0 saturated heterocycles.